The normalized spacial score (nSPS) is 22.0. The van der Waals surface area contributed by atoms with Gasteiger partial charge in [0.1, 0.15) is 5.82 Å². The molecule has 0 bridgehead atoms. The van der Waals surface area contributed by atoms with Gasteiger partial charge in [0.25, 0.3) is 0 Å². The van der Waals surface area contributed by atoms with Crippen LogP contribution in [-0.2, 0) is 4.79 Å². The molecule has 2 rings (SSSR count). The molecule has 0 aromatic carbocycles. The maximum absolute atomic E-state index is 12.4. The third kappa shape index (κ3) is 4.19. The van der Waals surface area contributed by atoms with Gasteiger partial charge in [-0.05, 0) is 50.2 Å². The fourth-order valence-electron chi connectivity index (χ4n) is 3.17. The first-order chi connectivity index (χ1) is 10.1. The summed E-state index contributed by atoms with van der Waals surface area (Å²) >= 11 is 0. The molecule has 0 spiro atoms. The van der Waals surface area contributed by atoms with Crippen LogP contribution in [0.5, 0.6) is 0 Å². The maximum Gasteiger partial charge on any atom is 0.227 e. The number of nitrogen functional groups attached to an aromatic ring is 1. The molecule has 1 aromatic rings. The topological polar surface area (TPSA) is 68.0 Å². The van der Waals surface area contributed by atoms with Gasteiger partial charge in [0.05, 0.1) is 5.69 Å². The number of hydrogen-bond donors (Lipinski definition) is 2. The Morgan fingerprint density at radius 2 is 2.10 bits per heavy atom. The van der Waals surface area contributed by atoms with Crippen molar-refractivity contribution in [2.45, 2.75) is 58.8 Å². The summed E-state index contributed by atoms with van der Waals surface area (Å²) in [5.74, 6) is 1.45. The average molecular weight is 289 g/mol. The molecule has 0 unspecified atom stereocenters. The number of carbonyl (C=O) groups excluding carboxylic acids is 1. The Bertz CT molecular complexity index is 459. The Morgan fingerprint density at radius 3 is 2.71 bits per heavy atom. The molecular weight excluding hydrogens is 262 g/mol. The van der Waals surface area contributed by atoms with E-state index < -0.39 is 0 Å². The lowest BCUT2D eigenvalue weighted by atomic mass is 9.79. The predicted molar refractivity (Wildman–Crippen MR) is 87.0 cm³/mol. The molecule has 4 nitrogen and oxygen atoms in total. The van der Waals surface area contributed by atoms with Gasteiger partial charge in [0.2, 0.25) is 5.91 Å². The lowest BCUT2D eigenvalue weighted by Gasteiger charge is -2.28. The van der Waals surface area contributed by atoms with Crippen molar-refractivity contribution in [3.8, 4) is 0 Å². The first kappa shape index (κ1) is 15.8. The van der Waals surface area contributed by atoms with E-state index in [0.29, 0.717) is 11.5 Å². The number of nitrogens with zero attached hydrogens (tertiary/aromatic N) is 1. The number of nitrogens with two attached hydrogens (primary N) is 1. The second kappa shape index (κ2) is 7.43. The van der Waals surface area contributed by atoms with Gasteiger partial charge in [-0.3, -0.25) is 4.79 Å². The van der Waals surface area contributed by atoms with Crippen molar-refractivity contribution in [1.29, 1.82) is 0 Å². The molecule has 0 saturated heterocycles. The van der Waals surface area contributed by atoms with Crippen molar-refractivity contribution < 1.29 is 4.79 Å². The maximum atomic E-state index is 12.4. The van der Waals surface area contributed by atoms with E-state index in [4.69, 9.17) is 5.73 Å². The summed E-state index contributed by atoms with van der Waals surface area (Å²) in [4.78, 5) is 16.4. The molecular formula is C17H27N3O. The Hall–Kier alpha value is -1.58. The van der Waals surface area contributed by atoms with Crippen molar-refractivity contribution in [1.82, 2.24) is 4.98 Å². The fraction of sp³-hybridized carbons (Fsp3) is 0.647. The fourth-order valence-corrected chi connectivity index (χ4v) is 3.17. The third-order valence-corrected chi connectivity index (χ3v) is 4.62. The molecule has 0 atom stereocenters. The Kier molecular flexibility index (Phi) is 5.59. The van der Waals surface area contributed by atoms with E-state index >= 15 is 0 Å². The van der Waals surface area contributed by atoms with Crippen LogP contribution < -0.4 is 11.1 Å². The summed E-state index contributed by atoms with van der Waals surface area (Å²) in [5, 5.41) is 2.98. The number of rotatable bonds is 5. The second-order valence-corrected chi connectivity index (χ2v) is 6.24. The average Bonchev–Trinajstić information content (AvgIpc) is 2.49. The SMILES string of the molecule is CCCCC1CCC(C(=O)Nc2c(C)ccnc2N)CC1. The number of unbranched alkanes of at least 4 members (excludes halogenated alkanes) is 1. The molecule has 1 fully saturated rings. The molecule has 4 heteroatoms. The van der Waals surface area contributed by atoms with E-state index in [1.807, 2.05) is 13.0 Å². The first-order valence-electron chi connectivity index (χ1n) is 8.13. The summed E-state index contributed by atoms with van der Waals surface area (Å²) in [6, 6.07) is 1.87. The zero-order chi connectivity index (χ0) is 15.2. The van der Waals surface area contributed by atoms with E-state index in [-0.39, 0.29) is 11.8 Å². The molecule has 0 radical (unpaired) electrons. The Morgan fingerprint density at radius 1 is 1.38 bits per heavy atom. The number of aryl methyl sites for hydroxylation is 1. The van der Waals surface area contributed by atoms with Gasteiger partial charge in [0.15, 0.2) is 0 Å². The second-order valence-electron chi connectivity index (χ2n) is 6.24. The summed E-state index contributed by atoms with van der Waals surface area (Å²) in [6.07, 6.45) is 9.92. The first-order valence-corrected chi connectivity index (χ1v) is 8.13. The highest BCUT2D eigenvalue weighted by Gasteiger charge is 2.26. The molecule has 1 heterocycles. The number of carbonyl (C=O) groups is 1. The van der Waals surface area contributed by atoms with Crippen LogP contribution in [0.4, 0.5) is 11.5 Å². The molecule has 3 N–H and O–H groups in total. The number of aromatic nitrogens is 1. The van der Waals surface area contributed by atoms with Crippen LogP contribution >= 0.6 is 0 Å². The largest absolute Gasteiger partial charge is 0.382 e. The van der Waals surface area contributed by atoms with Crippen molar-refractivity contribution in [3.63, 3.8) is 0 Å². The van der Waals surface area contributed by atoms with Crippen molar-refractivity contribution in [3.05, 3.63) is 17.8 Å². The van der Waals surface area contributed by atoms with Crippen molar-refractivity contribution in [2.75, 3.05) is 11.1 Å². The number of nitrogens with one attached hydrogen (secondary N) is 1. The number of anilines is 2. The van der Waals surface area contributed by atoms with Gasteiger partial charge in [-0.15, -0.1) is 0 Å². The molecule has 1 amide bonds. The highest BCUT2D eigenvalue weighted by molar-refractivity contribution is 5.95. The van der Waals surface area contributed by atoms with Crippen LogP contribution in [0.15, 0.2) is 12.3 Å². The number of hydrogen-bond acceptors (Lipinski definition) is 3. The van der Waals surface area contributed by atoms with Crippen molar-refractivity contribution in [2.24, 2.45) is 11.8 Å². The van der Waals surface area contributed by atoms with Crippen LogP contribution in [-0.4, -0.2) is 10.9 Å². The van der Waals surface area contributed by atoms with E-state index in [0.717, 1.165) is 24.3 Å². The zero-order valence-electron chi connectivity index (χ0n) is 13.2. The zero-order valence-corrected chi connectivity index (χ0v) is 13.2. The van der Waals surface area contributed by atoms with Crippen LogP contribution in [0, 0.1) is 18.8 Å². The molecule has 1 aromatic heterocycles. The lowest BCUT2D eigenvalue weighted by molar-refractivity contribution is -0.121. The molecule has 1 aliphatic carbocycles. The Balaban J connectivity index is 1.88. The quantitative estimate of drug-likeness (QED) is 0.863. The molecule has 1 aliphatic rings. The van der Waals surface area contributed by atoms with E-state index in [2.05, 4.69) is 17.2 Å². The molecule has 116 valence electrons. The highest BCUT2D eigenvalue weighted by atomic mass is 16.1. The highest BCUT2D eigenvalue weighted by Crippen LogP contribution is 2.33. The van der Waals surface area contributed by atoms with Gasteiger partial charge in [0, 0.05) is 12.1 Å². The Labute approximate surface area is 127 Å². The van der Waals surface area contributed by atoms with Crippen LogP contribution in [0.3, 0.4) is 0 Å². The van der Waals surface area contributed by atoms with E-state index in [1.165, 1.54) is 32.1 Å². The minimum absolute atomic E-state index is 0.103. The monoisotopic (exact) mass is 289 g/mol. The standard InChI is InChI=1S/C17H27N3O/c1-3-4-5-13-6-8-14(9-7-13)17(21)20-15-12(2)10-11-19-16(15)18/h10-11,13-14H,3-9H2,1-2H3,(H2,18,19)(H,20,21). The summed E-state index contributed by atoms with van der Waals surface area (Å²) < 4.78 is 0. The van der Waals surface area contributed by atoms with E-state index in [1.54, 1.807) is 6.20 Å². The predicted octanol–water partition coefficient (Wildman–Crippen LogP) is 3.91. The summed E-state index contributed by atoms with van der Waals surface area (Å²) in [7, 11) is 0. The minimum Gasteiger partial charge on any atom is -0.382 e. The smallest absolute Gasteiger partial charge is 0.227 e. The minimum atomic E-state index is 0.103. The summed E-state index contributed by atoms with van der Waals surface area (Å²) in [6.45, 7) is 4.18. The van der Waals surface area contributed by atoms with Gasteiger partial charge in [-0.25, -0.2) is 4.98 Å². The molecule has 0 aliphatic heterocycles. The molecule has 1 saturated carbocycles. The summed E-state index contributed by atoms with van der Waals surface area (Å²) in [5.41, 5.74) is 7.49. The third-order valence-electron chi connectivity index (χ3n) is 4.62. The number of amides is 1. The van der Waals surface area contributed by atoms with Crippen LogP contribution in [0.1, 0.15) is 57.4 Å². The van der Waals surface area contributed by atoms with E-state index in [9.17, 15) is 4.79 Å². The van der Waals surface area contributed by atoms with Crippen molar-refractivity contribution >= 4 is 17.4 Å². The van der Waals surface area contributed by atoms with Gasteiger partial charge in [-0.1, -0.05) is 26.2 Å². The molecule has 21 heavy (non-hydrogen) atoms. The number of pyridine rings is 1. The van der Waals surface area contributed by atoms with Gasteiger partial charge < -0.3 is 11.1 Å². The van der Waals surface area contributed by atoms with Crippen LogP contribution in [0.2, 0.25) is 0 Å². The van der Waals surface area contributed by atoms with Gasteiger partial charge >= 0.3 is 0 Å². The van der Waals surface area contributed by atoms with Gasteiger partial charge in [-0.2, -0.15) is 0 Å². The van der Waals surface area contributed by atoms with Crippen LogP contribution in [0.25, 0.3) is 0 Å². The lowest BCUT2D eigenvalue weighted by Crippen LogP contribution is -2.28.